The number of Topliss-reactive ketones (excluding diaryl/α,β-unsaturated/α-hetero) is 1. The normalized spacial score (nSPS) is 20.2. The molecule has 4 aromatic rings. The maximum atomic E-state index is 14.1. The summed E-state index contributed by atoms with van der Waals surface area (Å²) in [5.41, 5.74) is 2.95. The van der Waals surface area contributed by atoms with Gasteiger partial charge in [0.05, 0.1) is 25.3 Å². The number of ether oxygens (including phenoxy) is 2. The number of nitrogens with one attached hydrogen (secondary N) is 1. The van der Waals surface area contributed by atoms with Gasteiger partial charge in [-0.3, -0.25) is 19.1 Å². The number of piperidine rings is 1. The van der Waals surface area contributed by atoms with Crippen molar-refractivity contribution in [2.24, 2.45) is 5.41 Å². The third-order valence-corrected chi connectivity index (χ3v) is 8.55. The largest absolute Gasteiger partial charge is 0.380 e. The van der Waals surface area contributed by atoms with E-state index in [1.54, 1.807) is 47.4 Å². The van der Waals surface area contributed by atoms with Gasteiger partial charge in [0.15, 0.2) is 5.78 Å². The molecule has 1 saturated carbocycles. The summed E-state index contributed by atoms with van der Waals surface area (Å²) < 4.78 is 12.6. The van der Waals surface area contributed by atoms with Gasteiger partial charge in [0.1, 0.15) is 29.9 Å². The van der Waals surface area contributed by atoms with Crippen LogP contribution >= 0.6 is 0 Å². The predicted octanol–water partition coefficient (Wildman–Crippen LogP) is 3.75. The number of methoxy groups -OCH3 is 1. The Labute approximate surface area is 260 Å². The highest BCUT2D eigenvalue weighted by atomic mass is 16.5. The molecule has 1 saturated heterocycles. The van der Waals surface area contributed by atoms with Crippen LogP contribution in [0.3, 0.4) is 0 Å². The molecule has 6 rings (SSSR count). The van der Waals surface area contributed by atoms with Gasteiger partial charge >= 0.3 is 0 Å². The highest BCUT2D eigenvalue weighted by Gasteiger charge is 2.67. The van der Waals surface area contributed by atoms with Crippen molar-refractivity contribution in [3.8, 4) is 11.1 Å². The van der Waals surface area contributed by atoms with Gasteiger partial charge in [-0.25, -0.2) is 15.0 Å². The Bertz CT molecular complexity index is 1790. The molecular formula is C33H35N7O5. The first kappa shape index (κ1) is 30.2. The topological polar surface area (TPSA) is 141 Å². The monoisotopic (exact) mass is 609 g/mol. The van der Waals surface area contributed by atoms with E-state index >= 15 is 0 Å². The van der Waals surface area contributed by atoms with Crippen molar-refractivity contribution in [2.45, 2.75) is 51.9 Å². The molecule has 3 atom stereocenters. The van der Waals surface area contributed by atoms with Crippen LogP contribution in [-0.2, 0) is 32.2 Å². The second kappa shape index (κ2) is 12.3. The molecule has 45 heavy (non-hydrogen) atoms. The molecule has 0 unspecified atom stereocenters. The Kier molecular flexibility index (Phi) is 8.26. The molecule has 0 spiro atoms. The lowest BCUT2D eigenvalue weighted by molar-refractivity contribution is -0.138. The number of nitrogens with zero attached hydrogens (tertiary/aromatic N) is 6. The van der Waals surface area contributed by atoms with E-state index in [1.807, 2.05) is 31.2 Å². The average Bonchev–Trinajstić information content (AvgIpc) is 3.44. The minimum atomic E-state index is -0.733. The number of carbonyl (C=O) groups is 3. The molecule has 0 bridgehead atoms. The summed E-state index contributed by atoms with van der Waals surface area (Å²) in [7, 11) is 1.57. The SMILES string of the molecule is C=CCOC[C@@]12C[C@@H](C(=O)Nc3ncccc3COC)N(C(=O)Cn3nc(C(C)=O)c4cc(-c5cnc(C)nc5)ccc43)[C@@H]1C2. The third kappa shape index (κ3) is 5.86. The summed E-state index contributed by atoms with van der Waals surface area (Å²) in [4.78, 5) is 55.1. The fraction of sp³-hybridized carbons (Fsp3) is 0.364. The number of pyridine rings is 1. The van der Waals surface area contributed by atoms with Gasteiger partial charge in [0, 0.05) is 60.6 Å². The predicted molar refractivity (Wildman–Crippen MR) is 166 cm³/mol. The molecule has 2 amide bonds. The van der Waals surface area contributed by atoms with Crippen LogP contribution in [0.4, 0.5) is 5.82 Å². The molecular weight excluding hydrogens is 574 g/mol. The summed E-state index contributed by atoms with van der Waals surface area (Å²) in [5, 5.41) is 8.12. The number of ketones is 1. The van der Waals surface area contributed by atoms with Crippen molar-refractivity contribution in [3.05, 3.63) is 78.7 Å². The maximum Gasteiger partial charge on any atom is 0.248 e. The summed E-state index contributed by atoms with van der Waals surface area (Å²) in [6, 6.07) is 8.32. The Hall–Kier alpha value is -4.81. The first-order valence-corrected chi connectivity index (χ1v) is 14.8. The Morgan fingerprint density at radius 3 is 2.67 bits per heavy atom. The first-order valence-electron chi connectivity index (χ1n) is 14.8. The van der Waals surface area contributed by atoms with E-state index in [4.69, 9.17) is 9.47 Å². The van der Waals surface area contributed by atoms with E-state index in [1.165, 1.54) is 6.92 Å². The maximum absolute atomic E-state index is 14.1. The lowest BCUT2D eigenvalue weighted by atomic mass is 10.00. The third-order valence-electron chi connectivity index (χ3n) is 8.55. The van der Waals surface area contributed by atoms with Crippen LogP contribution in [0.15, 0.2) is 61.6 Å². The molecule has 2 fully saturated rings. The molecule has 12 nitrogen and oxygen atoms in total. The quantitative estimate of drug-likeness (QED) is 0.144. The molecule has 0 radical (unpaired) electrons. The van der Waals surface area contributed by atoms with Gasteiger partial charge in [-0.1, -0.05) is 18.2 Å². The molecule has 3 aromatic heterocycles. The highest BCUT2D eigenvalue weighted by molar-refractivity contribution is 6.06. The molecule has 232 valence electrons. The zero-order valence-corrected chi connectivity index (χ0v) is 25.5. The van der Waals surface area contributed by atoms with Crippen molar-refractivity contribution in [3.63, 3.8) is 0 Å². The lowest BCUT2D eigenvalue weighted by Crippen LogP contribution is -2.47. The molecule has 1 aliphatic carbocycles. The number of hydrogen-bond acceptors (Lipinski definition) is 9. The molecule has 1 aromatic carbocycles. The number of likely N-dealkylation sites (tertiary alicyclic amines) is 1. The zero-order chi connectivity index (χ0) is 31.7. The summed E-state index contributed by atoms with van der Waals surface area (Å²) in [5.74, 6) is 0.246. The number of aromatic nitrogens is 5. The molecule has 12 heteroatoms. The van der Waals surface area contributed by atoms with Crippen LogP contribution in [0.2, 0.25) is 0 Å². The molecule has 1 aliphatic heterocycles. The van der Waals surface area contributed by atoms with Gasteiger partial charge in [-0.15, -0.1) is 6.58 Å². The number of anilines is 1. The van der Waals surface area contributed by atoms with Crippen LogP contribution in [0.1, 0.15) is 41.6 Å². The van der Waals surface area contributed by atoms with Crippen molar-refractivity contribution in [1.82, 2.24) is 29.6 Å². The number of fused-ring (bicyclic) bond motifs is 2. The van der Waals surface area contributed by atoms with Crippen LogP contribution in [0.5, 0.6) is 0 Å². The van der Waals surface area contributed by atoms with Crippen molar-refractivity contribution in [1.29, 1.82) is 0 Å². The van der Waals surface area contributed by atoms with Gasteiger partial charge < -0.3 is 19.7 Å². The number of aryl methyl sites for hydroxylation is 1. The smallest absolute Gasteiger partial charge is 0.248 e. The first-order chi connectivity index (χ1) is 21.7. The number of benzene rings is 1. The molecule has 2 aliphatic rings. The number of rotatable bonds is 12. The van der Waals surface area contributed by atoms with Crippen molar-refractivity contribution in [2.75, 3.05) is 25.6 Å². The molecule has 1 N–H and O–H groups in total. The second-order valence-corrected chi connectivity index (χ2v) is 11.7. The summed E-state index contributed by atoms with van der Waals surface area (Å²) in [6.07, 6.45) is 7.93. The fourth-order valence-corrected chi connectivity index (χ4v) is 6.28. The minimum absolute atomic E-state index is 0.140. The standard InChI is InChI=1S/C33H35N7O5/c1-5-11-45-19-33-13-27(32(43)37-31-23(18-44-4)7-6-10-34-31)40(28(33)14-33)29(42)17-39-26-9-8-22(24-15-35-21(3)36-16-24)12-25(26)30(38-39)20(2)41/h5-10,12,15-16,27-28H,1,11,13-14,17-19H2,2-4H3,(H,34,37,43)/t27-,28+,33-/m0/s1. The van der Waals surface area contributed by atoms with E-state index in [9.17, 15) is 14.4 Å². The van der Waals surface area contributed by atoms with Crippen molar-refractivity contribution >= 4 is 34.3 Å². The van der Waals surface area contributed by atoms with Crippen molar-refractivity contribution < 1.29 is 23.9 Å². The van der Waals surface area contributed by atoms with Gasteiger partial charge in [0.25, 0.3) is 0 Å². The highest BCUT2D eigenvalue weighted by Crippen LogP contribution is 2.60. The summed E-state index contributed by atoms with van der Waals surface area (Å²) >= 11 is 0. The molecule has 4 heterocycles. The minimum Gasteiger partial charge on any atom is -0.380 e. The Morgan fingerprint density at radius 1 is 1.13 bits per heavy atom. The Morgan fingerprint density at radius 2 is 1.93 bits per heavy atom. The number of hydrogen-bond donors (Lipinski definition) is 1. The van der Waals surface area contributed by atoms with E-state index < -0.39 is 6.04 Å². The van der Waals surface area contributed by atoms with E-state index in [0.29, 0.717) is 42.2 Å². The zero-order valence-electron chi connectivity index (χ0n) is 25.5. The fourth-order valence-electron chi connectivity index (χ4n) is 6.28. The van der Waals surface area contributed by atoms with E-state index in [0.717, 1.165) is 23.1 Å². The second-order valence-electron chi connectivity index (χ2n) is 11.7. The Balaban J connectivity index is 1.29. The van der Waals surface area contributed by atoms with Crippen LogP contribution in [-0.4, -0.2) is 79.6 Å². The van der Waals surface area contributed by atoms with Crippen LogP contribution < -0.4 is 5.32 Å². The number of amides is 2. The summed E-state index contributed by atoms with van der Waals surface area (Å²) in [6.45, 7) is 7.93. The average molecular weight is 610 g/mol. The van der Waals surface area contributed by atoms with Gasteiger partial charge in [0.2, 0.25) is 11.8 Å². The van der Waals surface area contributed by atoms with Crippen LogP contribution in [0.25, 0.3) is 22.0 Å². The van der Waals surface area contributed by atoms with Crippen LogP contribution in [0, 0.1) is 12.3 Å². The number of carbonyl (C=O) groups excluding carboxylic acids is 3. The van der Waals surface area contributed by atoms with E-state index in [-0.39, 0.29) is 47.9 Å². The lowest BCUT2D eigenvalue weighted by Gasteiger charge is -2.27. The van der Waals surface area contributed by atoms with Gasteiger partial charge in [-0.2, -0.15) is 5.10 Å². The van der Waals surface area contributed by atoms with Gasteiger partial charge in [-0.05, 0) is 43.5 Å². The van der Waals surface area contributed by atoms with E-state index in [2.05, 4.69) is 31.9 Å².